The second-order valence-corrected chi connectivity index (χ2v) is 6.51. The number of carbonyl (C=O) groups excluding carboxylic acids is 2. The van der Waals surface area contributed by atoms with E-state index in [9.17, 15) is 9.59 Å². The first-order valence-electron chi connectivity index (χ1n) is 9.32. The molecule has 6 heteroatoms. The molecular weight excluding hydrogens is 356 g/mol. The van der Waals surface area contributed by atoms with Crippen molar-refractivity contribution in [3.8, 4) is 11.5 Å². The van der Waals surface area contributed by atoms with E-state index in [0.29, 0.717) is 18.7 Å². The Hall–Kier alpha value is -3.02. The van der Waals surface area contributed by atoms with Crippen molar-refractivity contribution in [3.05, 3.63) is 59.7 Å². The van der Waals surface area contributed by atoms with Crippen LogP contribution >= 0.6 is 0 Å². The Balaban J connectivity index is 2.16. The normalized spacial score (nSPS) is 11.4. The summed E-state index contributed by atoms with van der Waals surface area (Å²) in [7, 11) is 3.18. The van der Waals surface area contributed by atoms with Crippen molar-refractivity contribution in [2.45, 2.75) is 32.9 Å². The molecule has 0 heterocycles. The molecule has 2 rings (SSSR count). The van der Waals surface area contributed by atoms with Gasteiger partial charge >= 0.3 is 0 Å². The van der Waals surface area contributed by atoms with Gasteiger partial charge in [-0.3, -0.25) is 9.59 Å². The predicted octanol–water partition coefficient (Wildman–Crippen LogP) is 2.94. The Morgan fingerprint density at radius 2 is 1.64 bits per heavy atom. The molecule has 6 nitrogen and oxygen atoms in total. The van der Waals surface area contributed by atoms with E-state index in [2.05, 4.69) is 5.32 Å². The molecule has 0 radical (unpaired) electrons. The van der Waals surface area contributed by atoms with E-state index in [1.54, 1.807) is 19.1 Å². The van der Waals surface area contributed by atoms with Gasteiger partial charge in [0.05, 0.1) is 7.11 Å². The number of carbonyl (C=O) groups is 2. The number of amides is 2. The standard InChI is InChI=1S/C22H28N2O4/c1-5-20(22(26)23-3)24(14-17-8-12-18(27-4)13-9-17)21(25)15-28-19-10-6-16(2)7-11-19/h6-13,20H,5,14-15H2,1-4H3,(H,23,26)/t20-/m1/s1. The molecule has 1 N–H and O–H groups in total. The molecule has 0 saturated carbocycles. The number of aryl methyl sites for hydroxylation is 1. The quantitative estimate of drug-likeness (QED) is 0.722. The summed E-state index contributed by atoms with van der Waals surface area (Å²) in [4.78, 5) is 26.8. The Labute approximate surface area is 166 Å². The van der Waals surface area contributed by atoms with Crippen molar-refractivity contribution in [2.75, 3.05) is 20.8 Å². The first-order valence-corrected chi connectivity index (χ1v) is 9.32. The SMILES string of the molecule is CC[C@H](C(=O)NC)N(Cc1ccc(OC)cc1)C(=O)COc1ccc(C)cc1. The molecule has 0 aliphatic carbocycles. The van der Waals surface area contributed by atoms with Gasteiger partial charge in [0.2, 0.25) is 5.91 Å². The van der Waals surface area contributed by atoms with Crippen molar-refractivity contribution >= 4 is 11.8 Å². The molecule has 1 atom stereocenters. The molecule has 2 aromatic carbocycles. The summed E-state index contributed by atoms with van der Waals surface area (Å²) in [6.07, 6.45) is 0.506. The first-order chi connectivity index (χ1) is 13.5. The Morgan fingerprint density at radius 1 is 1.04 bits per heavy atom. The summed E-state index contributed by atoms with van der Waals surface area (Å²) in [6, 6.07) is 14.4. The van der Waals surface area contributed by atoms with Crippen molar-refractivity contribution < 1.29 is 19.1 Å². The zero-order valence-corrected chi connectivity index (χ0v) is 16.9. The van der Waals surface area contributed by atoms with E-state index < -0.39 is 6.04 Å². The predicted molar refractivity (Wildman–Crippen MR) is 108 cm³/mol. The largest absolute Gasteiger partial charge is 0.497 e. The monoisotopic (exact) mass is 384 g/mol. The van der Waals surface area contributed by atoms with Crippen molar-refractivity contribution in [1.29, 1.82) is 0 Å². The van der Waals surface area contributed by atoms with Crippen molar-refractivity contribution in [2.24, 2.45) is 0 Å². The van der Waals surface area contributed by atoms with Gasteiger partial charge in [-0.05, 0) is 43.2 Å². The average molecular weight is 384 g/mol. The van der Waals surface area contributed by atoms with Crippen LogP contribution in [0.1, 0.15) is 24.5 Å². The summed E-state index contributed by atoms with van der Waals surface area (Å²) < 4.78 is 10.8. The zero-order chi connectivity index (χ0) is 20.5. The number of ether oxygens (including phenoxy) is 2. The lowest BCUT2D eigenvalue weighted by Crippen LogP contribution is -2.49. The highest BCUT2D eigenvalue weighted by atomic mass is 16.5. The van der Waals surface area contributed by atoms with Crippen LogP contribution in [0.5, 0.6) is 11.5 Å². The molecule has 0 unspecified atom stereocenters. The van der Waals surface area contributed by atoms with Gasteiger partial charge in [-0.15, -0.1) is 0 Å². The third kappa shape index (κ3) is 5.74. The maximum Gasteiger partial charge on any atom is 0.261 e. The second kappa shape index (κ2) is 10.3. The maximum atomic E-state index is 12.9. The van der Waals surface area contributed by atoms with Gasteiger partial charge < -0.3 is 19.7 Å². The molecule has 0 aliphatic heterocycles. The topological polar surface area (TPSA) is 67.9 Å². The van der Waals surface area contributed by atoms with Crippen LogP contribution in [0.25, 0.3) is 0 Å². The molecule has 0 aromatic heterocycles. The van der Waals surface area contributed by atoms with E-state index in [4.69, 9.17) is 9.47 Å². The second-order valence-electron chi connectivity index (χ2n) is 6.51. The molecule has 28 heavy (non-hydrogen) atoms. The molecule has 0 spiro atoms. The lowest BCUT2D eigenvalue weighted by Gasteiger charge is -2.30. The summed E-state index contributed by atoms with van der Waals surface area (Å²) in [5, 5.41) is 2.64. The van der Waals surface area contributed by atoms with Crippen LogP contribution in [0.4, 0.5) is 0 Å². The van der Waals surface area contributed by atoms with Crippen LogP contribution in [0.2, 0.25) is 0 Å². The van der Waals surface area contributed by atoms with Crippen LogP contribution in [0.3, 0.4) is 0 Å². The van der Waals surface area contributed by atoms with Crippen LogP contribution in [-0.4, -0.2) is 43.5 Å². The van der Waals surface area contributed by atoms with Gasteiger partial charge in [0, 0.05) is 13.6 Å². The fraction of sp³-hybridized carbons (Fsp3) is 0.364. The van der Waals surface area contributed by atoms with E-state index >= 15 is 0 Å². The van der Waals surface area contributed by atoms with Gasteiger partial charge in [0.15, 0.2) is 6.61 Å². The number of methoxy groups -OCH3 is 1. The summed E-state index contributed by atoms with van der Waals surface area (Å²) in [5.74, 6) is 0.922. The van der Waals surface area contributed by atoms with Crippen molar-refractivity contribution in [1.82, 2.24) is 10.2 Å². The highest BCUT2D eigenvalue weighted by Crippen LogP contribution is 2.17. The third-order valence-corrected chi connectivity index (χ3v) is 4.53. The van der Waals surface area contributed by atoms with Gasteiger partial charge in [0.25, 0.3) is 5.91 Å². The molecule has 0 fully saturated rings. The van der Waals surface area contributed by atoms with Crippen LogP contribution in [0, 0.1) is 6.92 Å². The highest BCUT2D eigenvalue weighted by molar-refractivity contribution is 5.88. The minimum absolute atomic E-state index is 0.132. The molecule has 0 bridgehead atoms. The fourth-order valence-electron chi connectivity index (χ4n) is 2.88. The molecule has 2 amide bonds. The van der Waals surface area contributed by atoms with E-state index in [1.807, 2.05) is 62.4 Å². The minimum atomic E-state index is -0.568. The molecule has 2 aromatic rings. The molecule has 0 saturated heterocycles. The van der Waals surface area contributed by atoms with E-state index in [0.717, 1.165) is 16.9 Å². The number of likely N-dealkylation sites (N-methyl/N-ethyl adjacent to an activating group) is 1. The van der Waals surface area contributed by atoms with E-state index in [1.165, 1.54) is 0 Å². The Bertz CT molecular complexity index is 772. The number of benzene rings is 2. The lowest BCUT2D eigenvalue weighted by atomic mass is 10.1. The minimum Gasteiger partial charge on any atom is -0.497 e. The number of nitrogens with zero attached hydrogens (tertiary/aromatic N) is 1. The van der Waals surface area contributed by atoms with Gasteiger partial charge in [-0.2, -0.15) is 0 Å². The summed E-state index contributed by atoms with van der Waals surface area (Å²) in [5.41, 5.74) is 2.03. The van der Waals surface area contributed by atoms with Crippen molar-refractivity contribution in [3.63, 3.8) is 0 Å². The zero-order valence-electron chi connectivity index (χ0n) is 16.9. The number of hydrogen-bond acceptors (Lipinski definition) is 4. The van der Waals surface area contributed by atoms with Crippen LogP contribution in [0.15, 0.2) is 48.5 Å². The smallest absolute Gasteiger partial charge is 0.261 e. The molecular formula is C22H28N2O4. The number of hydrogen-bond donors (Lipinski definition) is 1. The summed E-state index contributed by atoms with van der Waals surface area (Å²) >= 11 is 0. The highest BCUT2D eigenvalue weighted by Gasteiger charge is 2.28. The van der Waals surface area contributed by atoms with Gasteiger partial charge in [-0.1, -0.05) is 36.8 Å². The van der Waals surface area contributed by atoms with Crippen LogP contribution < -0.4 is 14.8 Å². The molecule has 0 aliphatic rings. The van der Waals surface area contributed by atoms with E-state index in [-0.39, 0.29) is 18.4 Å². The third-order valence-electron chi connectivity index (χ3n) is 4.53. The number of rotatable bonds is 9. The average Bonchev–Trinajstić information content (AvgIpc) is 2.73. The summed E-state index contributed by atoms with van der Waals surface area (Å²) in [6.45, 7) is 4.05. The fourth-order valence-corrected chi connectivity index (χ4v) is 2.88. The Kier molecular flexibility index (Phi) is 7.87. The maximum absolute atomic E-state index is 12.9. The van der Waals surface area contributed by atoms with Crippen LogP contribution in [-0.2, 0) is 16.1 Å². The molecule has 150 valence electrons. The number of nitrogens with one attached hydrogen (secondary N) is 1. The van der Waals surface area contributed by atoms with Gasteiger partial charge in [-0.25, -0.2) is 0 Å². The van der Waals surface area contributed by atoms with Gasteiger partial charge in [0.1, 0.15) is 17.5 Å². The first kappa shape index (κ1) is 21.3. The lowest BCUT2D eigenvalue weighted by molar-refractivity contribution is -0.142. The Morgan fingerprint density at radius 3 is 2.18 bits per heavy atom.